The Morgan fingerprint density at radius 2 is 2.06 bits per heavy atom. The molecule has 1 heterocycles. The van der Waals surface area contributed by atoms with Crippen LogP contribution in [0.4, 0.5) is 0 Å². The van der Waals surface area contributed by atoms with Crippen molar-refractivity contribution in [1.82, 2.24) is 10.2 Å². The van der Waals surface area contributed by atoms with Crippen LogP contribution in [0.2, 0.25) is 0 Å². The van der Waals surface area contributed by atoms with Gasteiger partial charge in [0.2, 0.25) is 0 Å². The summed E-state index contributed by atoms with van der Waals surface area (Å²) in [4.78, 5) is 2.54. The Balaban J connectivity index is 2.56. The average Bonchev–Trinajstić information content (AvgIpc) is 2.24. The molecule has 1 N–H and O–H groups in total. The molecule has 0 aromatic heterocycles. The highest BCUT2D eigenvalue weighted by Crippen LogP contribution is 2.26. The number of hydrogen-bond acceptors (Lipinski definition) is 3. The highest BCUT2D eigenvalue weighted by molar-refractivity contribution is 4.89. The van der Waals surface area contributed by atoms with E-state index in [-0.39, 0.29) is 5.60 Å². The molecule has 0 aromatic rings. The summed E-state index contributed by atoms with van der Waals surface area (Å²) in [5.74, 6) is 0. The summed E-state index contributed by atoms with van der Waals surface area (Å²) in [5.41, 5.74) is 0.351. The minimum Gasteiger partial charge on any atom is -0.377 e. The highest BCUT2D eigenvalue weighted by atomic mass is 16.5. The average molecular weight is 242 g/mol. The molecule has 0 aliphatic carbocycles. The Morgan fingerprint density at radius 3 is 2.53 bits per heavy atom. The van der Waals surface area contributed by atoms with Crippen molar-refractivity contribution in [3.8, 4) is 0 Å². The van der Waals surface area contributed by atoms with Gasteiger partial charge in [0.25, 0.3) is 0 Å². The van der Waals surface area contributed by atoms with E-state index in [1.807, 2.05) is 7.11 Å². The third-order valence-corrected chi connectivity index (χ3v) is 4.07. The molecule has 3 heteroatoms. The van der Waals surface area contributed by atoms with Gasteiger partial charge in [0.1, 0.15) is 0 Å². The smallest absolute Gasteiger partial charge is 0.0777 e. The first kappa shape index (κ1) is 14.9. The van der Waals surface area contributed by atoms with Crippen LogP contribution in [0.25, 0.3) is 0 Å². The van der Waals surface area contributed by atoms with E-state index in [1.165, 1.54) is 19.4 Å². The fourth-order valence-corrected chi connectivity index (χ4v) is 2.69. The van der Waals surface area contributed by atoms with Crippen molar-refractivity contribution in [2.45, 2.75) is 52.2 Å². The number of methoxy groups -OCH3 is 1. The maximum atomic E-state index is 5.65. The zero-order valence-electron chi connectivity index (χ0n) is 12.5. The SMILES string of the molecule is CNC(CN1CCCC(C)(OC)C1)C(C)(C)C. The predicted molar refractivity (Wildman–Crippen MR) is 73.4 cm³/mol. The van der Waals surface area contributed by atoms with Crippen molar-refractivity contribution in [3.63, 3.8) is 0 Å². The first-order valence-corrected chi connectivity index (χ1v) is 6.75. The van der Waals surface area contributed by atoms with Gasteiger partial charge in [-0.3, -0.25) is 4.90 Å². The van der Waals surface area contributed by atoms with Gasteiger partial charge in [-0.25, -0.2) is 0 Å². The number of likely N-dealkylation sites (N-methyl/N-ethyl adjacent to an activating group) is 1. The van der Waals surface area contributed by atoms with Crippen molar-refractivity contribution >= 4 is 0 Å². The Labute approximate surface area is 107 Å². The number of nitrogens with zero attached hydrogens (tertiary/aromatic N) is 1. The lowest BCUT2D eigenvalue weighted by Gasteiger charge is -2.42. The minimum atomic E-state index is 0.0500. The summed E-state index contributed by atoms with van der Waals surface area (Å²) in [5, 5.41) is 3.45. The van der Waals surface area contributed by atoms with Crippen molar-refractivity contribution in [2.75, 3.05) is 33.8 Å². The molecule has 0 saturated carbocycles. The molecule has 1 fully saturated rings. The maximum absolute atomic E-state index is 5.65. The zero-order valence-corrected chi connectivity index (χ0v) is 12.5. The number of likely N-dealkylation sites (tertiary alicyclic amines) is 1. The molecule has 0 aromatic carbocycles. The van der Waals surface area contributed by atoms with Crippen LogP contribution < -0.4 is 5.32 Å². The summed E-state index contributed by atoms with van der Waals surface area (Å²) < 4.78 is 5.65. The Kier molecular flexibility index (Phi) is 4.99. The van der Waals surface area contributed by atoms with Gasteiger partial charge in [0, 0.05) is 26.2 Å². The summed E-state index contributed by atoms with van der Waals surface area (Å²) in [6, 6.07) is 0.529. The van der Waals surface area contributed by atoms with Crippen LogP contribution >= 0.6 is 0 Å². The molecule has 0 spiro atoms. The molecule has 1 aliphatic heterocycles. The van der Waals surface area contributed by atoms with E-state index in [9.17, 15) is 0 Å². The molecular formula is C14H30N2O. The molecular weight excluding hydrogens is 212 g/mol. The van der Waals surface area contributed by atoms with Crippen molar-refractivity contribution < 1.29 is 4.74 Å². The maximum Gasteiger partial charge on any atom is 0.0777 e. The van der Waals surface area contributed by atoms with Gasteiger partial charge in [0.05, 0.1) is 5.60 Å². The second-order valence-corrected chi connectivity index (χ2v) is 6.70. The second-order valence-electron chi connectivity index (χ2n) is 6.70. The monoisotopic (exact) mass is 242 g/mol. The van der Waals surface area contributed by atoms with E-state index in [2.05, 4.69) is 45.0 Å². The number of ether oxygens (including phenoxy) is 1. The zero-order chi connectivity index (χ0) is 13.1. The third-order valence-electron chi connectivity index (χ3n) is 4.07. The van der Waals surface area contributed by atoms with E-state index in [0.29, 0.717) is 11.5 Å². The van der Waals surface area contributed by atoms with Crippen LogP contribution in [-0.4, -0.2) is 50.3 Å². The Morgan fingerprint density at radius 1 is 1.41 bits per heavy atom. The number of rotatable bonds is 4. The van der Waals surface area contributed by atoms with Gasteiger partial charge in [-0.2, -0.15) is 0 Å². The highest BCUT2D eigenvalue weighted by Gasteiger charge is 2.33. The van der Waals surface area contributed by atoms with Crippen LogP contribution in [0.5, 0.6) is 0 Å². The quantitative estimate of drug-likeness (QED) is 0.817. The first-order valence-electron chi connectivity index (χ1n) is 6.75. The summed E-state index contributed by atoms with van der Waals surface area (Å²) in [7, 11) is 3.90. The first-order chi connectivity index (χ1) is 7.80. The predicted octanol–water partition coefficient (Wildman–Crippen LogP) is 2.12. The normalized spacial score (nSPS) is 29.3. The fraction of sp³-hybridized carbons (Fsp3) is 1.00. The largest absolute Gasteiger partial charge is 0.377 e. The lowest BCUT2D eigenvalue weighted by atomic mass is 9.85. The van der Waals surface area contributed by atoms with Crippen molar-refractivity contribution in [2.24, 2.45) is 5.41 Å². The van der Waals surface area contributed by atoms with Crippen LogP contribution in [-0.2, 0) is 4.74 Å². The lowest BCUT2D eigenvalue weighted by Crippen LogP contribution is -2.53. The fourth-order valence-electron chi connectivity index (χ4n) is 2.69. The summed E-state index contributed by atoms with van der Waals surface area (Å²) in [6.45, 7) is 12.5. The lowest BCUT2D eigenvalue weighted by molar-refractivity contribution is -0.0545. The van der Waals surface area contributed by atoms with E-state index in [1.54, 1.807) is 0 Å². The molecule has 1 aliphatic rings. The molecule has 3 nitrogen and oxygen atoms in total. The van der Waals surface area contributed by atoms with E-state index in [0.717, 1.165) is 13.1 Å². The van der Waals surface area contributed by atoms with Gasteiger partial charge in [-0.15, -0.1) is 0 Å². The second kappa shape index (κ2) is 5.68. The molecule has 1 rings (SSSR count). The van der Waals surface area contributed by atoms with Gasteiger partial charge < -0.3 is 10.1 Å². The Hall–Kier alpha value is -0.120. The number of piperidine rings is 1. The Bertz CT molecular complexity index is 237. The van der Waals surface area contributed by atoms with Crippen LogP contribution in [0.1, 0.15) is 40.5 Å². The van der Waals surface area contributed by atoms with Crippen molar-refractivity contribution in [1.29, 1.82) is 0 Å². The topological polar surface area (TPSA) is 24.5 Å². The minimum absolute atomic E-state index is 0.0500. The summed E-state index contributed by atoms with van der Waals surface area (Å²) >= 11 is 0. The standard InChI is InChI=1S/C14H30N2O/c1-13(2,3)12(15-5)10-16-9-7-8-14(4,11-16)17-6/h12,15H,7-11H2,1-6H3. The van der Waals surface area contributed by atoms with Crippen LogP contribution in [0.15, 0.2) is 0 Å². The molecule has 0 radical (unpaired) electrons. The molecule has 0 amide bonds. The third kappa shape index (κ3) is 4.23. The summed E-state index contributed by atoms with van der Waals surface area (Å²) in [6.07, 6.45) is 2.42. The molecule has 0 bridgehead atoms. The van der Waals surface area contributed by atoms with E-state index >= 15 is 0 Å². The molecule has 2 atom stereocenters. The van der Waals surface area contributed by atoms with Crippen LogP contribution in [0.3, 0.4) is 0 Å². The van der Waals surface area contributed by atoms with E-state index < -0.39 is 0 Å². The molecule has 102 valence electrons. The molecule has 2 unspecified atom stereocenters. The number of nitrogens with one attached hydrogen (secondary N) is 1. The molecule has 17 heavy (non-hydrogen) atoms. The van der Waals surface area contributed by atoms with Crippen LogP contribution in [0, 0.1) is 5.41 Å². The van der Waals surface area contributed by atoms with Gasteiger partial charge in [0.15, 0.2) is 0 Å². The van der Waals surface area contributed by atoms with E-state index in [4.69, 9.17) is 4.74 Å². The van der Waals surface area contributed by atoms with Gasteiger partial charge >= 0.3 is 0 Å². The molecule has 1 saturated heterocycles. The number of hydrogen-bond donors (Lipinski definition) is 1. The van der Waals surface area contributed by atoms with Gasteiger partial charge in [-0.1, -0.05) is 20.8 Å². The van der Waals surface area contributed by atoms with Crippen molar-refractivity contribution in [3.05, 3.63) is 0 Å². The van der Waals surface area contributed by atoms with Gasteiger partial charge in [-0.05, 0) is 38.8 Å².